The minimum Gasteiger partial charge on any atom is -0.476 e. The van der Waals surface area contributed by atoms with Crippen molar-refractivity contribution in [2.45, 2.75) is 6.92 Å². The van der Waals surface area contributed by atoms with E-state index in [0.29, 0.717) is 4.88 Å². The Balaban J connectivity index is 3.31. The van der Waals surface area contributed by atoms with Crippen LogP contribution < -0.4 is 0 Å². The molecule has 1 heterocycles. The maximum absolute atomic E-state index is 10.4. The van der Waals surface area contributed by atoms with Gasteiger partial charge in [-0.1, -0.05) is 0 Å². The van der Waals surface area contributed by atoms with Crippen molar-refractivity contribution >= 4 is 23.2 Å². The monoisotopic (exact) mass is 188 g/mol. The van der Waals surface area contributed by atoms with Gasteiger partial charge in [-0.15, -0.1) is 0 Å². The van der Waals surface area contributed by atoms with Crippen LogP contribution in [0.4, 0.5) is 5.69 Å². The first-order chi connectivity index (χ1) is 5.54. The van der Waals surface area contributed by atoms with Crippen molar-refractivity contribution in [3.63, 3.8) is 0 Å². The summed E-state index contributed by atoms with van der Waals surface area (Å²) in [5.41, 5.74) is -0.894. The van der Waals surface area contributed by atoms with Crippen LogP contribution in [-0.4, -0.2) is 20.4 Å². The Morgan fingerprint density at radius 1 is 1.75 bits per heavy atom. The number of rotatable bonds is 2. The number of aromatic nitrogens is 1. The summed E-state index contributed by atoms with van der Waals surface area (Å²) >= 11 is 0.815. The third-order valence-electron chi connectivity index (χ3n) is 1.22. The molecule has 0 atom stereocenters. The molecule has 0 unspecified atom stereocenters. The van der Waals surface area contributed by atoms with Gasteiger partial charge >= 0.3 is 11.7 Å². The lowest BCUT2D eigenvalue weighted by atomic mass is 10.3. The van der Waals surface area contributed by atoms with Crippen LogP contribution in [0.1, 0.15) is 15.4 Å². The highest BCUT2D eigenvalue weighted by Gasteiger charge is 2.26. The molecule has 0 saturated carbocycles. The number of nitro groups is 1. The molecular formula is C5H4N2O4S. The van der Waals surface area contributed by atoms with Gasteiger partial charge in [0, 0.05) is 0 Å². The van der Waals surface area contributed by atoms with Crippen molar-refractivity contribution in [1.82, 2.24) is 4.37 Å². The maximum Gasteiger partial charge on any atom is 0.362 e. The first-order valence-electron chi connectivity index (χ1n) is 2.88. The molecule has 0 saturated heterocycles. The number of carbonyl (C=O) groups is 1. The third kappa shape index (κ3) is 1.26. The number of carboxylic acid groups (broad SMARTS) is 1. The lowest BCUT2D eigenvalue weighted by Crippen LogP contribution is -2.01. The van der Waals surface area contributed by atoms with Crippen molar-refractivity contribution in [3.8, 4) is 0 Å². The van der Waals surface area contributed by atoms with Crippen molar-refractivity contribution in [1.29, 1.82) is 0 Å². The van der Waals surface area contributed by atoms with Crippen LogP contribution in [0.15, 0.2) is 0 Å². The van der Waals surface area contributed by atoms with Crippen LogP contribution in [0, 0.1) is 17.0 Å². The molecule has 1 rings (SSSR count). The molecule has 0 aromatic carbocycles. The minimum atomic E-state index is -1.37. The molecular weight excluding hydrogens is 184 g/mol. The Kier molecular flexibility index (Phi) is 2.05. The topological polar surface area (TPSA) is 93.3 Å². The highest BCUT2D eigenvalue weighted by atomic mass is 32.1. The van der Waals surface area contributed by atoms with E-state index in [1.165, 1.54) is 6.92 Å². The first kappa shape index (κ1) is 8.60. The second-order valence-electron chi connectivity index (χ2n) is 2.00. The molecule has 0 aliphatic rings. The molecule has 12 heavy (non-hydrogen) atoms. The normalized spacial score (nSPS) is 9.75. The molecule has 6 nitrogen and oxygen atoms in total. The summed E-state index contributed by atoms with van der Waals surface area (Å²) in [5, 5.41) is 18.8. The van der Waals surface area contributed by atoms with Crippen LogP contribution in [-0.2, 0) is 0 Å². The molecule has 0 aliphatic carbocycles. The zero-order chi connectivity index (χ0) is 9.30. The Labute approximate surface area is 70.8 Å². The van der Waals surface area contributed by atoms with E-state index in [-0.39, 0.29) is 0 Å². The van der Waals surface area contributed by atoms with Gasteiger partial charge in [-0.2, -0.15) is 4.37 Å². The second-order valence-corrected chi connectivity index (χ2v) is 2.98. The van der Waals surface area contributed by atoms with Crippen molar-refractivity contribution in [2.24, 2.45) is 0 Å². The number of carboxylic acids is 1. The smallest absolute Gasteiger partial charge is 0.362 e. The van der Waals surface area contributed by atoms with Crippen LogP contribution in [0.5, 0.6) is 0 Å². The minimum absolute atomic E-state index is 0.303. The molecule has 0 fully saturated rings. The van der Waals surface area contributed by atoms with Gasteiger partial charge in [0.05, 0.1) is 4.92 Å². The highest BCUT2D eigenvalue weighted by Crippen LogP contribution is 2.25. The lowest BCUT2D eigenvalue weighted by Gasteiger charge is -1.88. The van der Waals surface area contributed by atoms with E-state index in [4.69, 9.17) is 5.11 Å². The fraction of sp³-hybridized carbons (Fsp3) is 0.200. The molecule has 0 radical (unpaired) electrons. The summed E-state index contributed by atoms with van der Waals surface area (Å²) in [6.07, 6.45) is 0. The van der Waals surface area contributed by atoms with Gasteiger partial charge in [-0.05, 0) is 18.5 Å². The van der Waals surface area contributed by atoms with Gasteiger partial charge in [0.2, 0.25) is 5.69 Å². The first-order valence-corrected chi connectivity index (χ1v) is 3.65. The lowest BCUT2D eigenvalue weighted by molar-refractivity contribution is -0.385. The van der Waals surface area contributed by atoms with Crippen molar-refractivity contribution < 1.29 is 14.8 Å². The third-order valence-corrected chi connectivity index (χ3v) is 1.96. The Bertz CT molecular complexity index is 345. The van der Waals surface area contributed by atoms with Gasteiger partial charge < -0.3 is 5.11 Å². The Hall–Kier alpha value is -1.50. The van der Waals surface area contributed by atoms with Crippen LogP contribution in [0.2, 0.25) is 0 Å². The van der Waals surface area contributed by atoms with E-state index in [0.717, 1.165) is 11.5 Å². The average Bonchev–Trinajstić information content (AvgIpc) is 2.30. The van der Waals surface area contributed by atoms with E-state index in [1.807, 2.05) is 0 Å². The van der Waals surface area contributed by atoms with Crippen molar-refractivity contribution in [2.75, 3.05) is 0 Å². The van der Waals surface area contributed by atoms with E-state index in [9.17, 15) is 14.9 Å². The number of nitrogens with zero attached hydrogens (tertiary/aromatic N) is 2. The summed E-state index contributed by atoms with van der Waals surface area (Å²) in [5.74, 6) is -1.37. The van der Waals surface area contributed by atoms with Crippen LogP contribution in [0.25, 0.3) is 0 Å². The molecule has 0 amide bonds. The summed E-state index contributed by atoms with van der Waals surface area (Å²) in [6, 6.07) is 0. The maximum atomic E-state index is 10.4. The Morgan fingerprint density at radius 3 is 2.67 bits per heavy atom. The SMILES string of the molecule is Cc1snc(C(=O)O)c1[N+](=O)[O-]. The summed E-state index contributed by atoms with van der Waals surface area (Å²) in [4.78, 5) is 20.3. The summed E-state index contributed by atoms with van der Waals surface area (Å²) < 4.78 is 3.44. The highest BCUT2D eigenvalue weighted by molar-refractivity contribution is 7.06. The van der Waals surface area contributed by atoms with Gasteiger partial charge in [-0.3, -0.25) is 10.1 Å². The summed E-state index contributed by atoms with van der Waals surface area (Å²) in [6.45, 7) is 1.46. The average molecular weight is 188 g/mol. The second kappa shape index (κ2) is 2.86. The fourth-order valence-electron chi connectivity index (χ4n) is 0.723. The van der Waals surface area contributed by atoms with E-state index in [1.54, 1.807) is 0 Å². The largest absolute Gasteiger partial charge is 0.476 e. The fourth-order valence-corrected chi connectivity index (χ4v) is 1.37. The predicted octanol–water partition coefficient (Wildman–Crippen LogP) is 1.06. The van der Waals surface area contributed by atoms with Crippen LogP contribution in [0.3, 0.4) is 0 Å². The van der Waals surface area contributed by atoms with E-state index >= 15 is 0 Å². The molecule has 0 aliphatic heterocycles. The molecule has 0 spiro atoms. The van der Waals surface area contributed by atoms with Gasteiger partial charge in [0.1, 0.15) is 4.88 Å². The Morgan fingerprint density at radius 2 is 2.33 bits per heavy atom. The molecule has 1 aromatic heterocycles. The zero-order valence-corrected chi connectivity index (χ0v) is 6.79. The summed E-state index contributed by atoms with van der Waals surface area (Å²) in [7, 11) is 0. The molecule has 7 heteroatoms. The van der Waals surface area contributed by atoms with Crippen LogP contribution >= 0.6 is 11.5 Å². The quantitative estimate of drug-likeness (QED) is 0.553. The number of aromatic carboxylic acids is 1. The molecule has 0 bridgehead atoms. The standard InChI is InChI=1S/C5H4N2O4S/c1-2-4(7(10)11)3(5(8)9)6-12-2/h1H3,(H,8,9). The molecule has 1 aromatic rings. The predicted molar refractivity (Wildman–Crippen MR) is 40.5 cm³/mol. The van der Waals surface area contributed by atoms with E-state index in [2.05, 4.69) is 4.37 Å². The number of hydrogen-bond acceptors (Lipinski definition) is 5. The number of aryl methyl sites for hydroxylation is 1. The molecule has 1 N–H and O–H groups in total. The van der Waals surface area contributed by atoms with Gasteiger partial charge in [0.25, 0.3) is 0 Å². The molecule has 64 valence electrons. The van der Waals surface area contributed by atoms with Gasteiger partial charge in [-0.25, -0.2) is 4.79 Å². The number of hydrogen-bond donors (Lipinski definition) is 1. The zero-order valence-electron chi connectivity index (χ0n) is 5.97. The van der Waals surface area contributed by atoms with Crippen molar-refractivity contribution in [3.05, 3.63) is 20.7 Å². The van der Waals surface area contributed by atoms with Gasteiger partial charge in [0.15, 0.2) is 0 Å². The van der Waals surface area contributed by atoms with E-state index < -0.39 is 22.3 Å².